The first-order chi connectivity index (χ1) is 8.48. The van der Waals surface area contributed by atoms with Crippen LogP contribution < -0.4 is 0 Å². The van der Waals surface area contributed by atoms with Crippen LogP contribution in [0.3, 0.4) is 0 Å². The van der Waals surface area contributed by atoms with E-state index in [4.69, 9.17) is 0 Å². The van der Waals surface area contributed by atoms with Crippen LogP contribution in [0.5, 0.6) is 5.75 Å². The molecule has 1 heteroatoms. The summed E-state index contributed by atoms with van der Waals surface area (Å²) in [5.41, 5.74) is 3.29. The minimum absolute atomic E-state index is 0.386. The fourth-order valence-corrected chi connectivity index (χ4v) is 3.66. The van der Waals surface area contributed by atoms with Gasteiger partial charge in [-0.25, -0.2) is 0 Å². The van der Waals surface area contributed by atoms with Crippen LogP contribution in [0.2, 0.25) is 0 Å². The molecule has 1 nitrogen and oxygen atoms in total. The number of hydrogen-bond acceptors (Lipinski definition) is 1. The third kappa shape index (κ3) is 1.69. The maximum Gasteiger partial charge on any atom is 0.123 e. The molecule has 0 radical (unpaired) electrons. The Balaban J connectivity index is 2.30. The van der Waals surface area contributed by atoms with Crippen molar-refractivity contribution in [2.24, 2.45) is 5.41 Å². The lowest BCUT2D eigenvalue weighted by Crippen LogP contribution is -2.24. The molecule has 0 amide bonds. The van der Waals surface area contributed by atoms with Crippen molar-refractivity contribution in [1.29, 1.82) is 0 Å². The lowest BCUT2D eigenvalue weighted by Gasteiger charge is -2.36. The first-order valence-corrected chi connectivity index (χ1v) is 6.71. The number of fused-ring (bicyclic) bond motifs is 3. The van der Waals surface area contributed by atoms with Gasteiger partial charge in [-0.05, 0) is 46.8 Å². The lowest BCUT2D eigenvalue weighted by molar-refractivity contribution is 0.289. The molecule has 2 aromatic carbocycles. The monoisotopic (exact) mass is 240 g/mol. The SMILES string of the molecule is CC1CC(C)(C)Cc2ccc3c(O)cccc3c21. The van der Waals surface area contributed by atoms with Crippen LogP contribution in [0.1, 0.15) is 44.2 Å². The van der Waals surface area contributed by atoms with Gasteiger partial charge in [0.15, 0.2) is 0 Å². The van der Waals surface area contributed by atoms with Gasteiger partial charge in [0.25, 0.3) is 0 Å². The third-order valence-corrected chi connectivity index (χ3v) is 4.19. The first-order valence-electron chi connectivity index (χ1n) is 6.71. The third-order valence-electron chi connectivity index (χ3n) is 4.19. The van der Waals surface area contributed by atoms with Crippen LogP contribution in [0, 0.1) is 5.41 Å². The van der Waals surface area contributed by atoms with Gasteiger partial charge in [0.2, 0.25) is 0 Å². The van der Waals surface area contributed by atoms with Gasteiger partial charge in [-0.15, -0.1) is 0 Å². The Kier molecular flexibility index (Phi) is 2.41. The van der Waals surface area contributed by atoms with Crippen LogP contribution >= 0.6 is 0 Å². The van der Waals surface area contributed by atoms with Crippen LogP contribution in [-0.4, -0.2) is 5.11 Å². The van der Waals surface area contributed by atoms with E-state index in [1.807, 2.05) is 6.07 Å². The van der Waals surface area contributed by atoms with Crippen molar-refractivity contribution in [2.45, 2.75) is 39.5 Å². The molecule has 1 aliphatic rings. The molecule has 18 heavy (non-hydrogen) atoms. The van der Waals surface area contributed by atoms with Crippen LogP contribution in [0.25, 0.3) is 10.8 Å². The van der Waals surface area contributed by atoms with E-state index in [1.54, 1.807) is 6.07 Å². The quantitative estimate of drug-likeness (QED) is 0.712. The van der Waals surface area contributed by atoms with Crippen molar-refractivity contribution >= 4 is 10.8 Å². The highest BCUT2D eigenvalue weighted by Crippen LogP contribution is 2.45. The summed E-state index contributed by atoms with van der Waals surface area (Å²) < 4.78 is 0. The molecule has 1 atom stereocenters. The number of phenols is 1. The van der Waals surface area contributed by atoms with Gasteiger partial charge in [-0.1, -0.05) is 45.0 Å². The molecule has 0 saturated carbocycles. The minimum Gasteiger partial charge on any atom is -0.507 e. The van der Waals surface area contributed by atoms with Crippen LogP contribution in [0.4, 0.5) is 0 Å². The number of benzene rings is 2. The Bertz CT molecular complexity index is 610. The Hall–Kier alpha value is -1.50. The van der Waals surface area contributed by atoms with Gasteiger partial charge < -0.3 is 5.11 Å². The van der Waals surface area contributed by atoms with E-state index < -0.39 is 0 Å². The zero-order valence-corrected chi connectivity index (χ0v) is 11.3. The Morgan fingerprint density at radius 2 is 1.89 bits per heavy atom. The molecule has 0 spiro atoms. The number of hydrogen-bond donors (Lipinski definition) is 1. The normalized spacial score (nSPS) is 21.8. The lowest BCUT2D eigenvalue weighted by atomic mass is 9.69. The topological polar surface area (TPSA) is 20.2 Å². The van der Waals surface area contributed by atoms with E-state index in [9.17, 15) is 5.11 Å². The summed E-state index contributed by atoms with van der Waals surface area (Å²) in [7, 11) is 0. The van der Waals surface area contributed by atoms with Crippen molar-refractivity contribution in [3.05, 3.63) is 41.5 Å². The Labute approximate surface area is 108 Å². The zero-order valence-electron chi connectivity index (χ0n) is 11.3. The second-order valence-corrected chi connectivity index (χ2v) is 6.46. The van der Waals surface area contributed by atoms with Crippen molar-refractivity contribution in [3.63, 3.8) is 0 Å². The maximum atomic E-state index is 9.96. The summed E-state index contributed by atoms with van der Waals surface area (Å²) in [6.07, 6.45) is 2.35. The summed E-state index contributed by atoms with van der Waals surface area (Å²) in [4.78, 5) is 0. The van der Waals surface area contributed by atoms with Crippen molar-refractivity contribution in [1.82, 2.24) is 0 Å². The molecule has 0 aromatic heterocycles. The molecule has 3 rings (SSSR count). The number of phenolic OH excluding ortho intramolecular Hbond substituents is 1. The van der Waals surface area contributed by atoms with E-state index in [-0.39, 0.29) is 0 Å². The minimum atomic E-state index is 0.386. The largest absolute Gasteiger partial charge is 0.507 e. The van der Waals surface area contributed by atoms with E-state index in [2.05, 4.69) is 39.0 Å². The molecule has 0 heterocycles. The first kappa shape index (κ1) is 11.6. The molecule has 1 aliphatic carbocycles. The molecule has 2 aromatic rings. The van der Waals surface area contributed by atoms with Gasteiger partial charge >= 0.3 is 0 Å². The van der Waals surface area contributed by atoms with Gasteiger partial charge in [-0.2, -0.15) is 0 Å². The molecule has 0 fully saturated rings. The molecule has 0 saturated heterocycles. The molecular weight excluding hydrogens is 220 g/mol. The van der Waals surface area contributed by atoms with Crippen molar-refractivity contribution < 1.29 is 5.11 Å². The summed E-state index contributed by atoms with van der Waals surface area (Å²) in [6, 6.07) is 10.1. The van der Waals surface area contributed by atoms with Gasteiger partial charge in [0.05, 0.1) is 0 Å². The summed E-state index contributed by atoms with van der Waals surface area (Å²) in [6.45, 7) is 7.00. The smallest absolute Gasteiger partial charge is 0.123 e. The highest BCUT2D eigenvalue weighted by molar-refractivity contribution is 5.92. The van der Waals surface area contributed by atoms with Crippen molar-refractivity contribution in [3.8, 4) is 5.75 Å². The Morgan fingerprint density at radius 3 is 2.67 bits per heavy atom. The standard InChI is InChI=1S/C17H20O/c1-11-9-17(2,3)10-12-7-8-13-14(16(11)12)5-4-6-15(13)18/h4-8,11,18H,9-10H2,1-3H3. The number of rotatable bonds is 0. The van der Waals surface area contributed by atoms with Gasteiger partial charge in [-0.3, -0.25) is 0 Å². The van der Waals surface area contributed by atoms with Crippen LogP contribution in [0.15, 0.2) is 30.3 Å². The predicted molar refractivity (Wildman–Crippen MR) is 76.1 cm³/mol. The maximum absolute atomic E-state index is 9.96. The van der Waals surface area contributed by atoms with Gasteiger partial charge in [0, 0.05) is 5.39 Å². The average Bonchev–Trinajstić information content (AvgIpc) is 2.26. The van der Waals surface area contributed by atoms with E-state index in [0.717, 1.165) is 11.8 Å². The fourth-order valence-electron chi connectivity index (χ4n) is 3.66. The summed E-state index contributed by atoms with van der Waals surface area (Å²) in [5, 5.41) is 12.2. The van der Waals surface area contributed by atoms with Gasteiger partial charge in [0.1, 0.15) is 5.75 Å². The van der Waals surface area contributed by atoms with E-state index >= 15 is 0 Å². The average molecular weight is 240 g/mol. The second-order valence-electron chi connectivity index (χ2n) is 6.46. The summed E-state index contributed by atoms with van der Waals surface area (Å²) >= 11 is 0. The summed E-state index contributed by atoms with van der Waals surface area (Å²) in [5.74, 6) is 0.960. The molecular formula is C17H20O. The highest BCUT2D eigenvalue weighted by atomic mass is 16.3. The predicted octanol–water partition coefficient (Wildman–Crippen LogP) is 4.62. The highest BCUT2D eigenvalue weighted by Gasteiger charge is 2.30. The van der Waals surface area contributed by atoms with Crippen molar-refractivity contribution in [2.75, 3.05) is 0 Å². The molecule has 94 valence electrons. The zero-order chi connectivity index (χ0) is 12.9. The molecule has 0 bridgehead atoms. The Morgan fingerprint density at radius 1 is 1.11 bits per heavy atom. The van der Waals surface area contributed by atoms with E-state index in [0.29, 0.717) is 17.1 Å². The van der Waals surface area contributed by atoms with E-state index in [1.165, 1.54) is 22.9 Å². The molecule has 1 N–H and O–H groups in total. The van der Waals surface area contributed by atoms with Crippen LogP contribution in [-0.2, 0) is 6.42 Å². The fraction of sp³-hybridized carbons (Fsp3) is 0.412. The second kappa shape index (κ2) is 3.74. The number of aromatic hydroxyl groups is 1. The molecule has 0 aliphatic heterocycles. The molecule has 1 unspecified atom stereocenters.